The fourth-order valence-corrected chi connectivity index (χ4v) is 3.24. The highest BCUT2D eigenvalue weighted by Crippen LogP contribution is 2.17. The average Bonchev–Trinajstić information content (AvgIpc) is 2.56. The minimum Gasteiger partial charge on any atom is -0.480 e. The van der Waals surface area contributed by atoms with E-state index < -0.39 is 36.3 Å². The van der Waals surface area contributed by atoms with Gasteiger partial charge in [-0.3, -0.25) is 14.9 Å². The Labute approximate surface area is 155 Å². The van der Waals surface area contributed by atoms with Crippen LogP contribution in [0.25, 0.3) is 0 Å². The van der Waals surface area contributed by atoms with E-state index in [0.717, 1.165) is 19.3 Å². The number of carbonyl (C=O) groups is 4. The van der Waals surface area contributed by atoms with Gasteiger partial charge in [0, 0.05) is 0 Å². The number of rotatable bonds is 14. The molecule has 1 heterocycles. The molecule has 7 heteroatoms. The number of carbonyl (C=O) groups excluding carboxylic acids is 3. The lowest BCUT2D eigenvalue weighted by Crippen LogP contribution is -2.58. The zero-order valence-corrected chi connectivity index (χ0v) is 15.8. The number of carboxylic acid groups (broad SMARTS) is 1. The van der Waals surface area contributed by atoms with Gasteiger partial charge < -0.3 is 5.11 Å². The Morgan fingerprint density at radius 1 is 0.962 bits per heavy atom. The summed E-state index contributed by atoms with van der Waals surface area (Å²) in [5.74, 6) is -2.64. The van der Waals surface area contributed by atoms with E-state index in [1.54, 1.807) is 0 Å². The number of barbiturate groups is 1. The van der Waals surface area contributed by atoms with Gasteiger partial charge in [0.05, 0.1) is 0 Å². The minimum absolute atomic E-state index is 0.222. The first kappa shape index (κ1) is 22.1. The Balaban J connectivity index is 2.20. The van der Waals surface area contributed by atoms with Crippen molar-refractivity contribution in [1.29, 1.82) is 0 Å². The number of unbranched alkanes of at least 4 members (excludes halogenated alkanes) is 10. The van der Waals surface area contributed by atoms with E-state index in [0.29, 0.717) is 11.3 Å². The van der Waals surface area contributed by atoms with Gasteiger partial charge in [-0.05, 0) is 6.42 Å². The molecule has 0 aromatic carbocycles. The molecule has 4 amide bonds. The van der Waals surface area contributed by atoms with Gasteiger partial charge in [0.1, 0.15) is 12.5 Å². The monoisotopic (exact) mass is 368 g/mol. The molecule has 1 fully saturated rings. The van der Waals surface area contributed by atoms with Gasteiger partial charge >= 0.3 is 12.0 Å². The van der Waals surface area contributed by atoms with E-state index in [1.165, 1.54) is 44.9 Å². The molecule has 1 aliphatic rings. The van der Waals surface area contributed by atoms with Gasteiger partial charge in [-0.15, -0.1) is 0 Å². The summed E-state index contributed by atoms with van der Waals surface area (Å²) in [6, 6.07) is -2.13. The van der Waals surface area contributed by atoms with Crippen LogP contribution in [0.2, 0.25) is 0 Å². The highest BCUT2D eigenvalue weighted by atomic mass is 16.4. The van der Waals surface area contributed by atoms with Crippen LogP contribution in [0.1, 0.15) is 90.4 Å². The van der Waals surface area contributed by atoms with Crippen LogP contribution in [-0.2, 0) is 14.4 Å². The molecule has 1 rings (SSSR count). The maximum atomic E-state index is 11.8. The third-order valence-corrected chi connectivity index (χ3v) is 4.72. The second kappa shape index (κ2) is 12.4. The summed E-state index contributed by atoms with van der Waals surface area (Å²) in [5, 5.41) is 11.3. The Morgan fingerprint density at radius 3 is 1.92 bits per heavy atom. The van der Waals surface area contributed by atoms with Crippen LogP contribution in [-0.4, -0.2) is 39.9 Å². The molecule has 0 radical (unpaired) electrons. The molecule has 148 valence electrons. The maximum absolute atomic E-state index is 11.8. The van der Waals surface area contributed by atoms with Crippen LogP contribution >= 0.6 is 0 Å². The zero-order valence-electron chi connectivity index (χ0n) is 15.8. The molecule has 0 spiro atoms. The van der Waals surface area contributed by atoms with Gasteiger partial charge in [-0.1, -0.05) is 77.6 Å². The fourth-order valence-electron chi connectivity index (χ4n) is 3.24. The standard InChI is InChI=1S/C19H32N2O5/c1-2-3-4-5-6-7-8-9-10-11-12-13-15(18(24)25)21-17(23)14-16(22)20-19(21)26/h15H,2-14H2,1H3,(H,24,25)(H,20,22,26). The van der Waals surface area contributed by atoms with Crippen LogP contribution in [0, 0.1) is 0 Å². The van der Waals surface area contributed by atoms with E-state index >= 15 is 0 Å². The zero-order chi connectivity index (χ0) is 19.4. The third-order valence-electron chi connectivity index (χ3n) is 4.72. The molecule has 0 saturated carbocycles. The normalized spacial score (nSPS) is 15.9. The second-order valence-corrected chi connectivity index (χ2v) is 6.97. The molecule has 7 nitrogen and oxygen atoms in total. The molecule has 1 atom stereocenters. The number of nitrogens with zero attached hydrogens (tertiary/aromatic N) is 1. The van der Waals surface area contributed by atoms with Crippen molar-refractivity contribution in [3.05, 3.63) is 0 Å². The highest BCUT2D eigenvalue weighted by Gasteiger charge is 2.39. The number of nitrogens with one attached hydrogen (secondary N) is 1. The topological polar surface area (TPSA) is 104 Å². The summed E-state index contributed by atoms with van der Waals surface area (Å²) in [4.78, 5) is 46.9. The lowest BCUT2D eigenvalue weighted by Gasteiger charge is -2.29. The Bertz CT molecular complexity index is 472. The lowest BCUT2D eigenvalue weighted by molar-refractivity contribution is -0.150. The summed E-state index contributed by atoms with van der Waals surface area (Å²) >= 11 is 0. The summed E-state index contributed by atoms with van der Waals surface area (Å²) in [6.45, 7) is 2.21. The van der Waals surface area contributed by atoms with Crippen molar-refractivity contribution in [2.24, 2.45) is 0 Å². The van der Waals surface area contributed by atoms with E-state index in [-0.39, 0.29) is 6.42 Å². The lowest BCUT2D eigenvalue weighted by atomic mass is 10.0. The molecule has 26 heavy (non-hydrogen) atoms. The summed E-state index contributed by atoms with van der Waals surface area (Å²) in [6.07, 6.45) is 12.4. The number of amides is 4. The van der Waals surface area contributed by atoms with Crippen LogP contribution in [0.3, 0.4) is 0 Å². The largest absolute Gasteiger partial charge is 0.480 e. The molecular weight excluding hydrogens is 336 g/mol. The molecule has 0 aromatic rings. The molecule has 1 saturated heterocycles. The van der Waals surface area contributed by atoms with Crippen molar-refractivity contribution in [3.8, 4) is 0 Å². The van der Waals surface area contributed by atoms with Gasteiger partial charge in [0.25, 0.3) is 0 Å². The molecule has 0 bridgehead atoms. The van der Waals surface area contributed by atoms with Crippen LogP contribution in [0.5, 0.6) is 0 Å². The Morgan fingerprint density at radius 2 is 1.46 bits per heavy atom. The molecule has 0 aliphatic carbocycles. The summed E-state index contributed by atoms with van der Waals surface area (Å²) < 4.78 is 0. The van der Waals surface area contributed by atoms with Gasteiger partial charge in [0.15, 0.2) is 0 Å². The average molecular weight is 368 g/mol. The first-order valence-corrected chi connectivity index (χ1v) is 9.86. The number of hydrogen-bond donors (Lipinski definition) is 2. The first-order chi connectivity index (χ1) is 12.5. The van der Waals surface area contributed by atoms with Crippen LogP contribution in [0.4, 0.5) is 4.79 Å². The number of imide groups is 2. The molecule has 0 aromatic heterocycles. The van der Waals surface area contributed by atoms with Crippen molar-refractivity contribution in [2.75, 3.05) is 0 Å². The summed E-state index contributed by atoms with van der Waals surface area (Å²) in [7, 11) is 0. The third kappa shape index (κ3) is 7.97. The first-order valence-electron chi connectivity index (χ1n) is 9.86. The molecule has 1 aliphatic heterocycles. The number of hydrogen-bond acceptors (Lipinski definition) is 4. The van der Waals surface area contributed by atoms with E-state index in [1.807, 2.05) is 5.32 Å². The van der Waals surface area contributed by atoms with Crippen molar-refractivity contribution in [3.63, 3.8) is 0 Å². The Hall–Kier alpha value is -1.92. The van der Waals surface area contributed by atoms with Crippen LogP contribution < -0.4 is 5.32 Å². The molecule has 2 N–H and O–H groups in total. The minimum atomic E-state index is -1.21. The number of aliphatic carboxylic acids is 1. The van der Waals surface area contributed by atoms with Gasteiger partial charge in [-0.2, -0.15) is 0 Å². The van der Waals surface area contributed by atoms with Gasteiger partial charge in [0.2, 0.25) is 11.8 Å². The van der Waals surface area contributed by atoms with Gasteiger partial charge in [-0.25, -0.2) is 14.5 Å². The maximum Gasteiger partial charge on any atom is 0.331 e. The number of urea groups is 1. The van der Waals surface area contributed by atoms with E-state index in [4.69, 9.17) is 0 Å². The predicted octanol–water partition coefficient (Wildman–Crippen LogP) is 3.61. The molecular formula is C19H32N2O5. The van der Waals surface area contributed by atoms with Crippen molar-refractivity contribution >= 4 is 23.8 Å². The van der Waals surface area contributed by atoms with E-state index in [2.05, 4.69) is 6.92 Å². The van der Waals surface area contributed by atoms with E-state index in [9.17, 15) is 24.3 Å². The summed E-state index contributed by atoms with van der Waals surface area (Å²) in [5.41, 5.74) is 0. The highest BCUT2D eigenvalue weighted by molar-refractivity contribution is 6.15. The second-order valence-electron chi connectivity index (χ2n) is 6.97. The smallest absolute Gasteiger partial charge is 0.331 e. The van der Waals surface area contributed by atoms with Crippen molar-refractivity contribution in [2.45, 2.75) is 96.4 Å². The predicted molar refractivity (Wildman–Crippen MR) is 97.5 cm³/mol. The molecule has 1 unspecified atom stereocenters. The SMILES string of the molecule is CCCCCCCCCCCCCC(C(=O)O)N1C(=O)CC(=O)NC1=O. The quantitative estimate of drug-likeness (QED) is 0.360. The van der Waals surface area contributed by atoms with Crippen molar-refractivity contribution in [1.82, 2.24) is 10.2 Å². The van der Waals surface area contributed by atoms with Crippen LogP contribution in [0.15, 0.2) is 0 Å². The fraction of sp³-hybridized carbons (Fsp3) is 0.789. The number of carboxylic acids is 1. The van der Waals surface area contributed by atoms with Crippen molar-refractivity contribution < 1.29 is 24.3 Å². The Kier molecular flexibility index (Phi) is 10.6.